The number of amides is 1. The van der Waals surface area contributed by atoms with E-state index < -0.39 is 0 Å². The van der Waals surface area contributed by atoms with Gasteiger partial charge in [0.15, 0.2) is 0 Å². The molecule has 2 fully saturated rings. The van der Waals surface area contributed by atoms with Crippen molar-refractivity contribution in [2.24, 2.45) is 23.2 Å². The Balaban J connectivity index is 1.25. The zero-order chi connectivity index (χ0) is 23.9. The van der Waals surface area contributed by atoms with Crippen LogP contribution < -0.4 is 5.32 Å². The molecule has 5 rings (SSSR count). The molecule has 1 heterocycles. The first-order valence-corrected chi connectivity index (χ1v) is 12.4. The van der Waals surface area contributed by atoms with Crippen molar-refractivity contribution in [3.63, 3.8) is 0 Å². The quantitative estimate of drug-likeness (QED) is 0.635. The van der Waals surface area contributed by atoms with E-state index in [4.69, 9.17) is 5.26 Å². The van der Waals surface area contributed by atoms with E-state index in [1.165, 1.54) is 6.20 Å². The van der Waals surface area contributed by atoms with Crippen LogP contribution in [-0.4, -0.2) is 16.7 Å². The van der Waals surface area contributed by atoms with Crippen molar-refractivity contribution in [3.05, 3.63) is 59.0 Å². The van der Waals surface area contributed by atoms with Crippen LogP contribution in [-0.2, 0) is 16.0 Å². The fourth-order valence-electron chi connectivity index (χ4n) is 7.16. The lowest BCUT2D eigenvalue weighted by Gasteiger charge is -2.50. The number of Topliss-reactive ketones (excluding diaryl/α,β-unsaturated/α-hetero) is 1. The Labute approximate surface area is 199 Å². The number of carbonyl (C=O) groups is 2. The SMILES string of the molecule is C[C@]12CCC3c4cccc(F)c4CCC3C1[C@H](CCCC(=O)Nc1ccc(C#N)cn1)CC2=O. The topological polar surface area (TPSA) is 82.8 Å². The average Bonchev–Trinajstić information content (AvgIpc) is 3.09. The third-order valence-electron chi connectivity index (χ3n) is 8.70. The molecule has 3 unspecified atom stereocenters. The molecule has 34 heavy (non-hydrogen) atoms. The second-order valence-electron chi connectivity index (χ2n) is 10.5. The zero-order valence-corrected chi connectivity index (χ0v) is 19.5. The molecule has 0 radical (unpaired) electrons. The molecule has 6 heteroatoms. The van der Waals surface area contributed by atoms with E-state index in [0.717, 1.165) is 49.7 Å². The molecule has 0 bridgehead atoms. The summed E-state index contributed by atoms with van der Waals surface area (Å²) in [5.74, 6) is 1.93. The van der Waals surface area contributed by atoms with Crippen LogP contribution in [0.3, 0.4) is 0 Å². The highest BCUT2D eigenvalue weighted by Gasteiger charge is 2.58. The molecule has 1 aromatic carbocycles. The summed E-state index contributed by atoms with van der Waals surface area (Å²) in [6, 6.07) is 10.7. The standard InChI is InChI=1S/C28H30FN3O2/c1-28-13-12-20-19-5-3-6-23(29)21(19)9-10-22(20)27(28)18(14-24(28)33)4-2-7-26(34)32-25-11-8-17(15-30)16-31-25/h3,5-6,8,11,16,18,20,22,27H,2,4,7,9-10,12-14H2,1H3,(H,31,32,34)/t18-,20?,22?,27?,28-/m1/s1. The van der Waals surface area contributed by atoms with Gasteiger partial charge in [-0.2, -0.15) is 5.26 Å². The molecule has 1 N–H and O–H groups in total. The maximum Gasteiger partial charge on any atom is 0.225 e. The Morgan fingerprint density at radius 3 is 2.91 bits per heavy atom. The number of aromatic nitrogens is 1. The highest BCUT2D eigenvalue weighted by atomic mass is 19.1. The number of carbonyl (C=O) groups excluding carboxylic acids is 2. The molecule has 0 aliphatic heterocycles. The zero-order valence-electron chi connectivity index (χ0n) is 19.5. The number of pyridine rings is 1. The van der Waals surface area contributed by atoms with Gasteiger partial charge in [-0.3, -0.25) is 9.59 Å². The number of hydrogen-bond donors (Lipinski definition) is 1. The number of ketones is 1. The van der Waals surface area contributed by atoms with Crippen molar-refractivity contribution in [1.82, 2.24) is 4.98 Å². The first-order chi connectivity index (χ1) is 16.4. The summed E-state index contributed by atoms with van der Waals surface area (Å²) in [5.41, 5.74) is 2.20. The summed E-state index contributed by atoms with van der Waals surface area (Å²) in [4.78, 5) is 29.7. The number of halogens is 1. The molecule has 176 valence electrons. The number of benzene rings is 1. The monoisotopic (exact) mass is 459 g/mol. The summed E-state index contributed by atoms with van der Waals surface area (Å²) in [5, 5.41) is 11.7. The minimum absolute atomic E-state index is 0.0916. The Hall–Kier alpha value is -3.07. The van der Waals surface area contributed by atoms with Gasteiger partial charge in [0.2, 0.25) is 5.91 Å². The van der Waals surface area contributed by atoms with Crippen LogP contribution in [0.2, 0.25) is 0 Å². The van der Waals surface area contributed by atoms with Gasteiger partial charge in [0, 0.05) is 24.5 Å². The number of hydrogen-bond acceptors (Lipinski definition) is 4. The van der Waals surface area contributed by atoms with Crippen LogP contribution in [0.4, 0.5) is 10.2 Å². The lowest BCUT2D eigenvalue weighted by molar-refractivity contribution is -0.129. The summed E-state index contributed by atoms with van der Waals surface area (Å²) in [6.07, 6.45) is 7.48. The van der Waals surface area contributed by atoms with Gasteiger partial charge < -0.3 is 5.32 Å². The van der Waals surface area contributed by atoms with E-state index >= 15 is 0 Å². The van der Waals surface area contributed by atoms with Crippen molar-refractivity contribution in [2.75, 3.05) is 5.32 Å². The number of nitrogens with one attached hydrogen (secondary N) is 1. The van der Waals surface area contributed by atoms with Crippen LogP contribution in [0.15, 0.2) is 36.5 Å². The lowest BCUT2D eigenvalue weighted by atomic mass is 9.54. The summed E-state index contributed by atoms with van der Waals surface area (Å²) >= 11 is 0. The number of nitriles is 1. The van der Waals surface area contributed by atoms with E-state index in [2.05, 4.69) is 23.3 Å². The molecule has 5 nitrogen and oxygen atoms in total. The minimum Gasteiger partial charge on any atom is -0.311 e. The molecule has 0 spiro atoms. The number of nitrogens with zero attached hydrogens (tertiary/aromatic N) is 2. The fraction of sp³-hybridized carbons (Fsp3) is 0.500. The first kappa shape index (κ1) is 22.7. The molecule has 2 saturated carbocycles. The summed E-state index contributed by atoms with van der Waals surface area (Å²) in [7, 11) is 0. The Bertz CT molecular complexity index is 1160. The van der Waals surface area contributed by atoms with Crippen LogP contribution in [0.5, 0.6) is 0 Å². The van der Waals surface area contributed by atoms with E-state index in [9.17, 15) is 14.0 Å². The fourth-order valence-corrected chi connectivity index (χ4v) is 7.16. The predicted octanol–water partition coefficient (Wildman–Crippen LogP) is 5.55. The summed E-state index contributed by atoms with van der Waals surface area (Å²) < 4.78 is 14.4. The molecule has 1 aromatic heterocycles. The highest BCUT2D eigenvalue weighted by molar-refractivity contribution is 5.90. The van der Waals surface area contributed by atoms with Crippen molar-refractivity contribution >= 4 is 17.5 Å². The van der Waals surface area contributed by atoms with Crippen molar-refractivity contribution in [1.29, 1.82) is 5.26 Å². The Morgan fingerprint density at radius 1 is 1.29 bits per heavy atom. The second-order valence-corrected chi connectivity index (χ2v) is 10.5. The highest BCUT2D eigenvalue weighted by Crippen LogP contribution is 2.62. The first-order valence-electron chi connectivity index (χ1n) is 12.4. The van der Waals surface area contributed by atoms with Crippen molar-refractivity contribution < 1.29 is 14.0 Å². The van der Waals surface area contributed by atoms with Crippen LogP contribution in [0.1, 0.15) is 74.5 Å². The number of fused-ring (bicyclic) bond motifs is 5. The van der Waals surface area contributed by atoms with Crippen LogP contribution in [0.25, 0.3) is 0 Å². The molecular weight excluding hydrogens is 429 g/mol. The number of rotatable bonds is 5. The van der Waals surface area contributed by atoms with Crippen LogP contribution >= 0.6 is 0 Å². The maximum atomic E-state index is 14.4. The smallest absolute Gasteiger partial charge is 0.225 e. The Kier molecular flexibility index (Phi) is 5.97. The molecule has 0 saturated heterocycles. The normalized spacial score (nSPS) is 29.5. The maximum absolute atomic E-state index is 14.4. The summed E-state index contributed by atoms with van der Waals surface area (Å²) in [6.45, 7) is 2.15. The molecule has 2 aromatic rings. The average molecular weight is 460 g/mol. The second kappa shape index (κ2) is 8.94. The van der Waals surface area contributed by atoms with Crippen molar-refractivity contribution in [3.8, 4) is 6.07 Å². The molecular formula is C28H30FN3O2. The molecule has 1 amide bonds. The van der Waals surface area contributed by atoms with Gasteiger partial charge >= 0.3 is 0 Å². The van der Waals surface area contributed by atoms with Gasteiger partial charge in [0.25, 0.3) is 0 Å². The van der Waals surface area contributed by atoms with Gasteiger partial charge in [-0.15, -0.1) is 0 Å². The molecule has 3 aliphatic carbocycles. The van der Waals surface area contributed by atoms with Gasteiger partial charge in [0.1, 0.15) is 23.5 Å². The largest absolute Gasteiger partial charge is 0.311 e. The third-order valence-corrected chi connectivity index (χ3v) is 8.70. The molecule has 3 aliphatic rings. The van der Waals surface area contributed by atoms with E-state index in [-0.39, 0.29) is 23.1 Å². The van der Waals surface area contributed by atoms with Gasteiger partial charge in [-0.1, -0.05) is 19.1 Å². The number of anilines is 1. The van der Waals surface area contributed by atoms with Crippen LogP contribution in [0, 0.1) is 40.3 Å². The predicted molar refractivity (Wildman–Crippen MR) is 126 cm³/mol. The molecule has 5 atom stereocenters. The third kappa shape index (κ3) is 3.91. The van der Waals surface area contributed by atoms with E-state index in [1.54, 1.807) is 18.2 Å². The Morgan fingerprint density at radius 2 is 2.15 bits per heavy atom. The van der Waals surface area contributed by atoms with E-state index in [1.807, 2.05) is 12.1 Å². The minimum atomic E-state index is -0.286. The van der Waals surface area contributed by atoms with E-state index in [0.29, 0.717) is 47.8 Å². The van der Waals surface area contributed by atoms with Gasteiger partial charge in [0.05, 0.1) is 5.56 Å². The van der Waals surface area contributed by atoms with Gasteiger partial charge in [-0.25, -0.2) is 9.37 Å². The lowest BCUT2D eigenvalue weighted by Crippen LogP contribution is -2.44. The van der Waals surface area contributed by atoms with Crippen molar-refractivity contribution in [2.45, 2.75) is 64.2 Å². The van der Waals surface area contributed by atoms with Gasteiger partial charge in [-0.05, 0) is 91.5 Å².